The Morgan fingerprint density at radius 3 is 2.47 bits per heavy atom. The van der Waals surface area contributed by atoms with E-state index in [2.05, 4.69) is 0 Å². The highest BCUT2D eigenvalue weighted by molar-refractivity contribution is 8.00. The van der Waals surface area contributed by atoms with Gasteiger partial charge in [0.25, 0.3) is 0 Å². The van der Waals surface area contributed by atoms with E-state index in [4.69, 9.17) is 5.11 Å². The summed E-state index contributed by atoms with van der Waals surface area (Å²) in [5.41, 5.74) is 0. The summed E-state index contributed by atoms with van der Waals surface area (Å²) in [6.45, 7) is -0.535. The number of likely N-dealkylation sites (tertiary alicyclic amines) is 1. The molecular formula is C11H15NO4S. The first-order valence-corrected chi connectivity index (χ1v) is 6.84. The second-order valence-electron chi connectivity index (χ2n) is 4.46. The van der Waals surface area contributed by atoms with Crippen molar-refractivity contribution in [2.24, 2.45) is 11.8 Å². The Morgan fingerprint density at radius 2 is 1.94 bits per heavy atom. The number of aliphatic hydroxyl groups is 1. The van der Waals surface area contributed by atoms with E-state index >= 15 is 0 Å². The molecule has 0 spiro atoms. The van der Waals surface area contributed by atoms with Crippen LogP contribution >= 0.6 is 11.8 Å². The van der Waals surface area contributed by atoms with E-state index in [-0.39, 0.29) is 35.9 Å². The summed E-state index contributed by atoms with van der Waals surface area (Å²) in [6.07, 6.45) is 1.42. The molecule has 5 nitrogen and oxygen atoms in total. The van der Waals surface area contributed by atoms with Crippen LogP contribution in [0.3, 0.4) is 0 Å². The lowest BCUT2D eigenvalue weighted by Crippen LogP contribution is -2.31. The van der Waals surface area contributed by atoms with Crippen molar-refractivity contribution in [3.63, 3.8) is 0 Å². The third-order valence-electron chi connectivity index (χ3n) is 3.36. The van der Waals surface area contributed by atoms with E-state index in [1.807, 2.05) is 0 Å². The summed E-state index contributed by atoms with van der Waals surface area (Å²) in [5, 5.41) is 8.87. The van der Waals surface area contributed by atoms with Crippen LogP contribution in [0.4, 0.5) is 0 Å². The topological polar surface area (TPSA) is 74.7 Å². The first-order valence-electron chi connectivity index (χ1n) is 5.69. The average molecular weight is 257 g/mol. The van der Waals surface area contributed by atoms with Gasteiger partial charge in [0.05, 0.1) is 5.75 Å². The number of amides is 2. The summed E-state index contributed by atoms with van der Waals surface area (Å²) in [7, 11) is 0. The Labute approximate surface area is 104 Å². The number of nitrogens with zero attached hydrogens (tertiary/aromatic N) is 1. The van der Waals surface area contributed by atoms with Crippen LogP contribution in [0.2, 0.25) is 0 Å². The maximum absolute atomic E-state index is 11.7. The predicted octanol–water partition coefficient (Wildman–Crippen LogP) is 0.0236. The molecule has 94 valence electrons. The molecule has 2 aliphatic heterocycles. The van der Waals surface area contributed by atoms with Crippen molar-refractivity contribution < 1.29 is 19.5 Å². The minimum atomic E-state index is -0.535. The summed E-state index contributed by atoms with van der Waals surface area (Å²) in [5.74, 6) is 0.762. The fourth-order valence-corrected chi connectivity index (χ4v) is 3.48. The molecule has 6 heteroatoms. The quantitative estimate of drug-likeness (QED) is 0.719. The summed E-state index contributed by atoms with van der Waals surface area (Å²) < 4.78 is 0. The number of carbonyl (C=O) groups excluding carboxylic acids is 3. The Kier molecular flexibility index (Phi) is 3.83. The molecule has 2 fully saturated rings. The summed E-state index contributed by atoms with van der Waals surface area (Å²) in [6, 6.07) is 0. The number of thioether (sulfide) groups is 1. The summed E-state index contributed by atoms with van der Waals surface area (Å²) in [4.78, 5) is 35.4. The highest BCUT2D eigenvalue weighted by atomic mass is 32.2. The lowest BCUT2D eigenvalue weighted by Gasteiger charge is -2.12. The standard InChI is InChI=1S/C11H15NO4S/c13-6-12-10(15)3-7(11(12)16)1-2-8-4-17-5-9(8)14/h7-8,13H,1-6H2. The molecule has 0 aromatic rings. The van der Waals surface area contributed by atoms with Crippen molar-refractivity contribution in [2.45, 2.75) is 19.3 Å². The number of ketones is 1. The number of carbonyl (C=O) groups is 3. The Balaban J connectivity index is 1.86. The number of hydrogen-bond acceptors (Lipinski definition) is 5. The van der Waals surface area contributed by atoms with Gasteiger partial charge in [-0.05, 0) is 12.8 Å². The van der Waals surface area contributed by atoms with Gasteiger partial charge in [-0.3, -0.25) is 19.3 Å². The molecule has 2 aliphatic rings. The minimum Gasteiger partial charge on any atom is -0.376 e. The number of imide groups is 1. The Hall–Kier alpha value is -0.880. The lowest BCUT2D eigenvalue weighted by molar-refractivity contribution is -0.143. The van der Waals surface area contributed by atoms with Crippen LogP contribution in [0.1, 0.15) is 19.3 Å². The van der Waals surface area contributed by atoms with Crippen molar-refractivity contribution in [1.82, 2.24) is 4.90 Å². The van der Waals surface area contributed by atoms with Crippen LogP contribution in [-0.4, -0.2) is 45.8 Å². The van der Waals surface area contributed by atoms with E-state index in [0.717, 1.165) is 10.7 Å². The lowest BCUT2D eigenvalue weighted by atomic mass is 9.94. The molecule has 0 saturated carbocycles. The van der Waals surface area contributed by atoms with Gasteiger partial charge in [0.2, 0.25) is 11.8 Å². The van der Waals surface area contributed by atoms with Gasteiger partial charge in [-0.2, -0.15) is 11.8 Å². The van der Waals surface area contributed by atoms with Crippen LogP contribution in [0.5, 0.6) is 0 Å². The first kappa shape index (κ1) is 12.6. The Bertz CT molecular complexity index is 357. The molecule has 0 aromatic carbocycles. The monoisotopic (exact) mass is 257 g/mol. The number of rotatable bonds is 4. The van der Waals surface area contributed by atoms with Crippen molar-refractivity contribution in [3.05, 3.63) is 0 Å². The number of aliphatic hydroxyl groups excluding tert-OH is 1. The van der Waals surface area contributed by atoms with Crippen LogP contribution in [0, 0.1) is 11.8 Å². The zero-order valence-corrected chi connectivity index (χ0v) is 10.2. The van der Waals surface area contributed by atoms with Gasteiger partial charge >= 0.3 is 0 Å². The second kappa shape index (κ2) is 5.18. The van der Waals surface area contributed by atoms with Gasteiger partial charge in [-0.25, -0.2) is 0 Å². The molecule has 0 radical (unpaired) electrons. The normalized spacial score (nSPS) is 29.5. The molecule has 0 aliphatic carbocycles. The van der Waals surface area contributed by atoms with Crippen molar-refractivity contribution in [3.8, 4) is 0 Å². The molecule has 2 unspecified atom stereocenters. The average Bonchev–Trinajstić information content (AvgIpc) is 2.81. The third-order valence-corrected chi connectivity index (χ3v) is 4.49. The molecular weight excluding hydrogens is 242 g/mol. The van der Waals surface area contributed by atoms with Crippen LogP contribution < -0.4 is 0 Å². The fourth-order valence-electron chi connectivity index (χ4n) is 2.28. The predicted molar refractivity (Wildman–Crippen MR) is 62.1 cm³/mol. The minimum absolute atomic E-state index is 0.0473. The third kappa shape index (κ3) is 2.52. The molecule has 17 heavy (non-hydrogen) atoms. The first-order chi connectivity index (χ1) is 8.13. The molecule has 0 aromatic heterocycles. The fraction of sp³-hybridized carbons (Fsp3) is 0.727. The van der Waals surface area contributed by atoms with E-state index in [9.17, 15) is 14.4 Å². The maximum Gasteiger partial charge on any atom is 0.234 e. The molecule has 2 saturated heterocycles. The SMILES string of the molecule is O=C1CSCC1CCC1CC(=O)N(CO)C1=O. The van der Waals surface area contributed by atoms with E-state index in [1.165, 1.54) is 0 Å². The molecule has 2 atom stereocenters. The van der Waals surface area contributed by atoms with Gasteiger partial charge < -0.3 is 5.11 Å². The van der Waals surface area contributed by atoms with Crippen LogP contribution in [-0.2, 0) is 14.4 Å². The van der Waals surface area contributed by atoms with Crippen LogP contribution in [0.25, 0.3) is 0 Å². The number of Topliss-reactive ketones (excluding diaryl/α,β-unsaturated/α-hetero) is 1. The molecule has 2 amide bonds. The van der Waals surface area contributed by atoms with Crippen molar-refractivity contribution in [1.29, 1.82) is 0 Å². The van der Waals surface area contributed by atoms with Gasteiger partial charge in [0.1, 0.15) is 12.5 Å². The maximum atomic E-state index is 11.7. The van der Waals surface area contributed by atoms with E-state index < -0.39 is 6.73 Å². The highest BCUT2D eigenvalue weighted by Crippen LogP contribution is 2.29. The van der Waals surface area contributed by atoms with E-state index in [0.29, 0.717) is 18.6 Å². The smallest absolute Gasteiger partial charge is 0.234 e. The van der Waals surface area contributed by atoms with E-state index in [1.54, 1.807) is 11.8 Å². The van der Waals surface area contributed by atoms with Crippen LogP contribution in [0.15, 0.2) is 0 Å². The van der Waals surface area contributed by atoms with Crippen molar-refractivity contribution >= 4 is 29.4 Å². The number of hydrogen-bond donors (Lipinski definition) is 1. The van der Waals surface area contributed by atoms with Gasteiger partial charge in [0.15, 0.2) is 0 Å². The van der Waals surface area contributed by atoms with Gasteiger partial charge in [0, 0.05) is 24.0 Å². The van der Waals surface area contributed by atoms with Gasteiger partial charge in [-0.15, -0.1) is 0 Å². The molecule has 2 heterocycles. The second-order valence-corrected chi connectivity index (χ2v) is 5.49. The molecule has 1 N–H and O–H groups in total. The largest absolute Gasteiger partial charge is 0.376 e. The summed E-state index contributed by atoms with van der Waals surface area (Å²) >= 11 is 1.63. The zero-order valence-electron chi connectivity index (χ0n) is 9.42. The van der Waals surface area contributed by atoms with Gasteiger partial charge in [-0.1, -0.05) is 0 Å². The molecule has 2 rings (SSSR count). The molecule has 0 bridgehead atoms. The van der Waals surface area contributed by atoms with Crippen molar-refractivity contribution in [2.75, 3.05) is 18.2 Å². The zero-order chi connectivity index (χ0) is 12.4. The highest BCUT2D eigenvalue weighted by Gasteiger charge is 2.38. The Morgan fingerprint density at radius 1 is 1.24 bits per heavy atom.